The maximum Gasteiger partial charge on any atom is 0.110 e. The molecule has 0 spiro atoms. The summed E-state index contributed by atoms with van der Waals surface area (Å²) in [5, 5.41) is 0. The van der Waals surface area contributed by atoms with Gasteiger partial charge in [-0.3, -0.25) is 0 Å². The minimum absolute atomic E-state index is 0.899. The van der Waals surface area contributed by atoms with Gasteiger partial charge >= 0.3 is 0 Å². The summed E-state index contributed by atoms with van der Waals surface area (Å²) in [6.07, 6.45) is 12.5. The highest BCUT2D eigenvalue weighted by atomic mass is 19.1. The molecule has 0 unspecified atom stereocenters. The molecule has 1 aromatic heterocycles. The van der Waals surface area contributed by atoms with E-state index in [-0.39, 0.29) is 0 Å². The summed E-state index contributed by atoms with van der Waals surface area (Å²) in [6, 6.07) is 0. The molecule has 1 aromatic rings. The number of aryl methyl sites for hydroxylation is 1. The van der Waals surface area contributed by atoms with Crippen LogP contribution in [0.3, 0.4) is 0 Å². The SMILES string of the molecule is C=C(C)C1=C(/C=C\C(C)=C/C#CF)n2cncc2CC1. The lowest BCUT2D eigenvalue weighted by Crippen LogP contribution is -2.10. The Morgan fingerprint density at radius 2 is 2.25 bits per heavy atom. The monoisotopic (exact) mass is 268 g/mol. The molecule has 3 heteroatoms. The minimum Gasteiger partial charge on any atom is -0.303 e. The molecule has 1 aliphatic heterocycles. The Kier molecular flexibility index (Phi) is 4.37. The number of fused-ring (bicyclic) bond motifs is 1. The van der Waals surface area contributed by atoms with E-state index in [1.54, 1.807) is 6.08 Å². The van der Waals surface area contributed by atoms with E-state index in [4.69, 9.17) is 0 Å². The van der Waals surface area contributed by atoms with Crippen LogP contribution in [0.4, 0.5) is 4.39 Å². The Hall–Kier alpha value is -2.34. The van der Waals surface area contributed by atoms with Gasteiger partial charge in [-0.15, -0.1) is 4.39 Å². The highest BCUT2D eigenvalue weighted by Gasteiger charge is 2.16. The normalized spacial score (nSPS) is 15.1. The zero-order valence-corrected chi connectivity index (χ0v) is 11.8. The fourth-order valence-electron chi connectivity index (χ4n) is 2.26. The molecule has 0 fully saturated rings. The molecule has 2 rings (SSSR count). The predicted octanol–water partition coefficient (Wildman–Crippen LogP) is 4.05. The van der Waals surface area contributed by atoms with Gasteiger partial charge in [0.05, 0.1) is 12.0 Å². The first-order valence-electron chi connectivity index (χ1n) is 6.50. The van der Waals surface area contributed by atoms with Crippen molar-refractivity contribution >= 4 is 5.70 Å². The van der Waals surface area contributed by atoms with E-state index >= 15 is 0 Å². The van der Waals surface area contributed by atoms with Crippen molar-refractivity contribution in [3.8, 4) is 12.1 Å². The smallest absolute Gasteiger partial charge is 0.110 e. The maximum absolute atomic E-state index is 11.8. The topological polar surface area (TPSA) is 17.8 Å². The number of hydrogen-bond donors (Lipinski definition) is 0. The maximum atomic E-state index is 11.8. The molecule has 0 aliphatic carbocycles. The van der Waals surface area contributed by atoms with E-state index < -0.39 is 0 Å². The standard InChI is InChI=1S/C17H17FN2/c1-13(2)16-8-7-15-11-19-12-20(15)17(16)9-6-14(3)5-4-10-18/h5-6,9,11-12H,1,7-8H2,2-3H3/b9-6-,14-5-. The molecule has 0 saturated carbocycles. The Morgan fingerprint density at radius 3 is 2.95 bits per heavy atom. The van der Waals surface area contributed by atoms with Gasteiger partial charge in [0.15, 0.2) is 0 Å². The van der Waals surface area contributed by atoms with Gasteiger partial charge in [-0.25, -0.2) is 4.98 Å². The van der Waals surface area contributed by atoms with Gasteiger partial charge in [0.25, 0.3) is 0 Å². The van der Waals surface area contributed by atoms with Gasteiger partial charge in [0.1, 0.15) is 6.17 Å². The van der Waals surface area contributed by atoms with E-state index in [9.17, 15) is 4.39 Å². The summed E-state index contributed by atoms with van der Waals surface area (Å²) < 4.78 is 13.9. The lowest BCUT2D eigenvalue weighted by atomic mass is 9.96. The molecule has 0 radical (unpaired) electrons. The van der Waals surface area contributed by atoms with Gasteiger partial charge in [-0.2, -0.15) is 0 Å². The summed E-state index contributed by atoms with van der Waals surface area (Å²) >= 11 is 0. The quantitative estimate of drug-likeness (QED) is 0.597. The Bertz CT molecular complexity index is 675. The van der Waals surface area contributed by atoms with Crippen LogP contribution in [0, 0.1) is 12.1 Å². The third-order valence-corrected chi connectivity index (χ3v) is 3.29. The van der Waals surface area contributed by atoms with E-state index in [0.29, 0.717) is 0 Å². The van der Waals surface area contributed by atoms with Crippen LogP contribution in [0.2, 0.25) is 0 Å². The van der Waals surface area contributed by atoms with Crippen LogP contribution in [0.25, 0.3) is 5.70 Å². The molecule has 20 heavy (non-hydrogen) atoms. The van der Waals surface area contributed by atoms with Crippen molar-refractivity contribution in [1.29, 1.82) is 0 Å². The van der Waals surface area contributed by atoms with Crippen LogP contribution < -0.4 is 0 Å². The van der Waals surface area contributed by atoms with Gasteiger partial charge in [-0.05, 0) is 55.9 Å². The fraction of sp³-hybridized carbons (Fsp3) is 0.235. The Balaban J connectivity index is 2.41. The highest BCUT2D eigenvalue weighted by molar-refractivity contribution is 5.68. The average Bonchev–Trinajstić information content (AvgIpc) is 2.90. The summed E-state index contributed by atoms with van der Waals surface area (Å²) in [7, 11) is 0. The second kappa shape index (κ2) is 6.21. The molecule has 0 amide bonds. The van der Waals surface area contributed by atoms with Crippen LogP contribution in [0.5, 0.6) is 0 Å². The molecule has 0 atom stereocenters. The van der Waals surface area contributed by atoms with E-state index in [0.717, 1.165) is 29.7 Å². The van der Waals surface area contributed by atoms with Gasteiger partial charge in [0.2, 0.25) is 0 Å². The van der Waals surface area contributed by atoms with E-state index in [1.807, 2.05) is 38.5 Å². The summed E-state index contributed by atoms with van der Waals surface area (Å²) in [4.78, 5) is 4.20. The lowest BCUT2D eigenvalue weighted by Gasteiger charge is -2.21. The fourth-order valence-corrected chi connectivity index (χ4v) is 2.26. The third kappa shape index (κ3) is 2.97. The van der Waals surface area contributed by atoms with Gasteiger partial charge in [0, 0.05) is 11.9 Å². The molecule has 0 N–H and O–H groups in total. The zero-order chi connectivity index (χ0) is 14.5. The van der Waals surface area contributed by atoms with Gasteiger partial charge < -0.3 is 4.57 Å². The summed E-state index contributed by atoms with van der Waals surface area (Å²) in [6.45, 7) is 7.96. The van der Waals surface area contributed by atoms with Crippen molar-refractivity contribution in [3.63, 3.8) is 0 Å². The molecule has 0 aromatic carbocycles. The second-order valence-corrected chi connectivity index (χ2v) is 4.86. The molecule has 102 valence electrons. The molecule has 0 saturated heterocycles. The van der Waals surface area contributed by atoms with Crippen LogP contribution in [0.1, 0.15) is 26.0 Å². The molecule has 2 heterocycles. The summed E-state index contributed by atoms with van der Waals surface area (Å²) in [5.41, 5.74) is 5.47. The first kappa shape index (κ1) is 14.1. The van der Waals surface area contributed by atoms with Crippen molar-refractivity contribution in [2.75, 3.05) is 0 Å². The van der Waals surface area contributed by atoms with Crippen molar-refractivity contribution in [2.24, 2.45) is 0 Å². The first-order chi connectivity index (χ1) is 9.63. The van der Waals surface area contributed by atoms with Crippen LogP contribution >= 0.6 is 0 Å². The molecular weight excluding hydrogens is 251 g/mol. The largest absolute Gasteiger partial charge is 0.303 e. The van der Waals surface area contributed by atoms with Crippen LogP contribution in [0.15, 0.2) is 54.1 Å². The number of imidazole rings is 1. The Labute approximate surface area is 119 Å². The lowest BCUT2D eigenvalue weighted by molar-refractivity contribution is 0.774. The molecule has 0 bridgehead atoms. The number of nitrogens with zero attached hydrogens (tertiary/aromatic N) is 2. The van der Waals surface area contributed by atoms with Crippen molar-refractivity contribution < 1.29 is 4.39 Å². The van der Waals surface area contributed by atoms with Gasteiger partial charge in [-0.1, -0.05) is 18.2 Å². The third-order valence-electron chi connectivity index (χ3n) is 3.29. The van der Waals surface area contributed by atoms with Crippen molar-refractivity contribution in [1.82, 2.24) is 9.55 Å². The van der Waals surface area contributed by atoms with Crippen LogP contribution in [-0.2, 0) is 6.42 Å². The predicted molar refractivity (Wildman–Crippen MR) is 80.4 cm³/mol. The van der Waals surface area contributed by atoms with Crippen molar-refractivity contribution in [2.45, 2.75) is 26.7 Å². The minimum atomic E-state index is 0.899. The zero-order valence-electron chi connectivity index (χ0n) is 11.8. The number of hydrogen-bond acceptors (Lipinski definition) is 1. The first-order valence-corrected chi connectivity index (χ1v) is 6.50. The number of allylic oxidation sites excluding steroid dienone is 7. The number of halogens is 1. The molecular formula is C17H17FN2. The van der Waals surface area contributed by atoms with Crippen molar-refractivity contribution in [3.05, 3.63) is 59.7 Å². The molecule has 2 nitrogen and oxygen atoms in total. The Morgan fingerprint density at radius 1 is 1.45 bits per heavy atom. The second-order valence-electron chi connectivity index (χ2n) is 4.86. The number of rotatable bonds is 3. The molecule has 1 aliphatic rings. The summed E-state index contributed by atoms with van der Waals surface area (Å²) in [5.74, 6) is 2.30. The number of aromatic nitrogens is 2. The van der Waals surface area contributed by atoms with E-state index in [1.165, 1.54) is 17.4 Å². The van der Waals surface area contributed by atoms with Crippen LogP contribution in [-0.4, -0.2) is 9.55 Å². The highest BCUT2D eigenvalue weighted by Crippen LogP contribution is 2.29. The average molecular weight is 268 g/mol. The van der Waals surface area contributed by atoms with E-state index in [2.05, 4.69) is 22.1 Å².